The first-order chi connectivity index (χ1) is 8.90. The summed E-state index contributed by atoms with van der Waals surface area (Å²) in [7, 11) is 0. The van der Waals surface area contributed by atoms with Crippen LogP contribution in [0.25, 0.3) is 0 Å². The van der Waals surface area contributed by atoms with E-state index >= 15 is 0 Å². The quantitative estimate of drug-likeness (QED) is 0.614. The molecule has 0 saturated heterocycles. The van der Waals surface area contributed by atoms with Gasteiger partial charge in [-0.15, -0.1) is 11.8 Å². The van der Waals surface area contributed by atoms with E-state index < -0.39 is 16.8 Å². The smallest absolute Gasteiger partial charge is 0.313 e. The second kappa shape index (κ2) is 6.95. The predicted octanol–water partition coefficient (Wildman–Crippen LogP) is 2.00. The number of carbonyl (C=O) groups is 2. The topological polar surface area (TPSA) is 110 Å². The number of nitrogens with zero attached hydrogens (tertiary/aromatic N) is 1. The van der Waals surface area contributed by atoms with Crippen molar-refractivity contribution in [2.45, 2.75) is 0 Å². The molecule has 102 valence electrons. The van der Waals surface area contributed by atoms with Gasteiger partial charge in [-0.1, -0.05) is 11.6 Å². The first kappa shape index (κ1) is 15.3. The molecule has 0 aliphatic rings. The number of halogens is 1. The highest BCUT2D eigenvalue weighted by Gasteiger charge is 2.13. The van der Waals surface area contributed by atoms with E-state index in [4.69, 9.17) is 16.7 Å². The van der Waals surface area contributed by atoms with Crippen molar-refractivity contribution in [3.8, 4) is 0 Å². The zero-order valence-electron chi connectivity index (χ0n) is 9.46. The second-order valence-corrected chi connectivity index (χ2v) is 4.75. The maximum absolute atomic E-state index is 11.4. The Morgan fingerprint density at radius 1 is 1.42 bits per heavy atom. The van der Waals surface area contributed by atoms with E-state index in [0.29, 0.717) is 5.69 Å². The average Bonchev–Trinajstić information content (AvgIpc) is 2.27. The molecule has 1 rings (SSSR count). The summed E-state index contributed by atoms with van der Waals surface area (Å²) < 4.78 is 0. The van der Waals surface area contributed by atoms with E-state index in [1.165, 1.54) is 18.2 Å². The summed E-state index contributed by atoms with van der Waals surface area (Å²) in [4.78, 5) is 31.6. The van der Waals surface area contributed by atoms with Gasteiger partial charge < -0.3 is 10.4 Å². The van der Waals surface area contributed by atoms with Gasteiger partial charge in [-0.05, 0) is 12.1 Å². The average molecular weight is 305 g/mol. The van der Waals surface area contributed by atoms with Gasteiger partial charge in [0.2, 0.25) is 5.91 Å². The van der Waals surface area contributed by atoms with Gasteiger partial charge in [-0.3, -0.25) is 19.7 Å². The summed E-state index contributed by atoms with van der Waals surface area (Å²) in [6.07, 6.45) is 0. The maximum atomic E-state index is 11.4. The molecule has 0 aliphatic carbocycles. The molecule has 1 amide bonds. The van der Waals surface area contributed by atoms with Crippen molar-refractivity contribution >= 4 is 46.6 Å². The summed E-state index contributed by atoms with van der Waals surface area (Å²) in [5, 5.41) is 21.3. The number of aliphatic carboxylic acids is 1. The van der Waals surface area contributed by atoms with Crippen LogP contribution in [-0.4, -0.2) is 33.4 Å². The van der Waals surface area contributed by atoms with Crippen molar-refractivity contribution in [3.63, 3.8) is 0 Å². The fraction of sp³-hybridized carbons (Fsp3) is 0.200. The number of anilines is 1. The molecule has 7 nitrogen and oxygen atoms in total. The minimum Gasteiger partial charge on any atom is -0.481 e. The van der Waals surface area contributed by atoms with Gasteiger partial charge in [0.25, 0.3) is 5.69 Å². The van der Waals surface area contributed by atoms with Crippen LogP contribution in [-0.2, 0) is 9.59 Å². The summed E-state index contributed by atoms with van der Waals surface area (Å²) in [6.45, 7) is 0. The Balaban J connectivity index is 2.58. The van der Waals surface area contributed by atoms with Crippen LogP contribution in [0.3, 0.4) is 0 Å². The van der Waals surface area contributed by atoms with Gasteiger partial charge in [-0.2, -0.15) is 0 Å². The number of carbonyl (C=O) groups excluding carboxylic acids is 1. The highest BCUT2D eigenvalue weighted by Crippen LogP contribution is 2.27. The maximum Gasteiger partial charge on any atom is 0.313 e. The molecule has 0 saturated carbocycles. The molecule has 0 spiro atoms. The monoisotopic (exact) mass is 304 g/mol. The molecule has 9 heteroatoms. The van der Waals surface area contributed by atoms with Gasteiger partial charge in [0.1, 0.15) is 5.02 Å². The fourth-order valence-electron chi connectivity index (χ4n) is 1.16. The first-order valence-corrected chi connectivity index (χ1v) is 6.46. The van der Waals surface area contributed by atoms with Crippen LogP contribution in [0.2, 0.25) is 5.02 Å². The van der Waals surface area contributed by atoms with Crippen LogP contribution >= 0.6 is 23.4 Å². The number of rotatable bonds is 6. The lowest BCUT2D eigenvalue weighted by atomic mass is 10.3. The molecule has 1 aromatic rings. The van der Waals surface area contributed by atoms with E-state index in [2.05, 4.69) is 5.32 Å². The molecular formula is C10H9ClN2O5S. The molecule has 0 aromatic heterocycles. The van der Waals surface area contributed by atoms with Crippen molar-refractivity contribution in [1.82, 2.24) is 0 Å². The van der Waals surface area contributed by atoms with Gasteiger partial charge in [0.05, 0.1) is 16.4 Å². The van der Waals surface area contributed by atoms with Crippen LogP contribution in [0.5, 0.6) is 0 Å². The summed E-state index contributed by atoms with van der Waals surface area (Å²) in [5.41, 5.74) is 0.0662. The highest BCUT2D eigenvalue weighted by molar-refractivity contribution is 8.00. The van der Waals surface area contributed by atoms with Crippen molar-refractivity contribution in [2.24, 2.45) is 0 Å². The van der Waals surface area contributed by atoms with Crippen molar-refractivity contribution in [1.29, 1.82) is 0 Å². The Morgan fingerprint density at radius 3 is 2.63 bits per heavy atom. The number of nitro groups is 1. The molecule has 2 N–H and O–H groups in total. The lowest BCUT2D eigenvalue weighted by Gasteiger charge is -2.05. The largest absolute Gasteiger partial charge is 0.481 e. The Morgan fingerprint density at radius 2 is 2.11 bits per heavy atom. The number of nitro benzene ring substituents is 1. The molecule has 0 bridgehead atoms. The van der Waals surface area contributed by atoms with Crippen LogP contribution in [0.4, 0.5) is 11.4 Å². The van der Waals surface area contributed by atoms with Gasteiger partial charge in [0.15, 0.2) is 0 Å². The Hall–Kier alpha value is -1.80. The van der Waals surface area contributed by atoms with Crippen molar-refractivity contribution < 1.29 is 19.6 Å². The number of amides is 1. The lowest BCUT2D eigenvalue weighted by molar-refractivity contribution is -0.384. The third-order valence-electron chi connectivity index (χ3n) is 1.89. The van der Waals surface area contributed by atoms with Crippen LogP contribution in [0.15, 0.2) is 18.2 Å². The molecule has 0 radical (unpaired) electrons. The molecule has 0 fully saturated rings. The van der Waals surface area contributed by atoms with E-state index in [-0.39, 0.29) is 22.2 Å². The fourth-order valence-corrected chi connectivity index (χ4v) is 1.94. The van der Waals surface area contributed by atoms with Crippen molar-refractivity contribution in [2.75, 3.05) is 16.8 Å². The standard InChI is InChI=1S/C10H9ClN2O5S/c11-7-3-6(1-2-8(7)13(17)18)12-9(14)4-19-5-10(15)16/h1-3H,4-5H2,(H,12,14)(H,15,16). The zero-order valence-corrected chi connectivity index (χ0v) is 11.0. The zero-order chi connectivity index (χ0) is 14.4. The number of carboxylic acids is 1. The number of benzene rings is 1. The van der Waals surface area contributed by atoms with Crippen LogP contribution < -0.4 is 5.32 Å². The van der Waals surface area contributed by atoms with Crippen molar-refractivity contribution in [3.05, 3.63) is 33.3 Å². The predicted molar refractivity (Wildman–Crippen MR) is 71.7 cm³/mol. The Kier molecular flexibility index (Phi) is 5.58. The number of thioether (sulfide) groups is 1. The van der Waals surface area contributed by atoms with E-state index in [1.54, 1.807) is 0 Å². The number of hydrogen-bond donors (Lipinski definition) is 2. The summed E-state index contributed by atoms with van der Waals surface area (Å²) in [6, 6.07) is 3.80. The number of hydrogen-bond acceptors (Lipinski definition) is 5. The van der Waals surface area contributed by atoms with E-state index in [9.17, 15) is 19.7 Å². The van der Waals surface area contributed by atoms with Crippen LogP contribution in [0, 0.1) is 10.1 Å². The van der Waals surface area contributed by atoms with Gasteiger partial charge in [-0.25, -0.2) is 0 Å². The minimum atomic E-state index is -1.00. The molecule has 1 aromatic carbocycles. The molecule has 0 heterocycles. The lowest BCUT2D eigenvalue weighted by Crippen LogP contribution is -2.15. The minimum absolute atomic E-state index is 0.0269. The van der Waals surface area contributed by atoms with E-state index in [1.807, 2.05) is 0 Å². The van der Waals surface area contributed by atoms with Gasteiger partial charge in [0, 0.05) is 11.8 Å². The Bertz CT molecular complexity index is 523. The third-order valence-corrected chi connectivity index (χ3v) is 3.11. The molecule has 0 atom stereocenters. The second-order valence-electron chi connectivity index (χ2n) is 3.36. The normalized spacial score (nSPS) is 9.95. The molecule has 0 aliphatic heterocycles. The summed E-state index contributed by atoms with van der Waals surface area (Å²) >= 11 is 6.63. The number of nitrogens with one attached hydrogen (secondary N) is 1. The van der Waals surface area contributed by atoms with Crippen LogP contribution in [0.1, 0.15) is 0 Å². The first-order valence-electron chi connectivity index (χ1n) is 4.93. The summed E-state index contributed by atoms with van der Waals surface area (Å²) in [5.74, 6) is -1.61. The number of carboxylic acid groups (broad SMARTS) is 1. The third kappa shape index (κ3) is 5.14. The molecule has 19 heavy (non-hydrogen) atoms. The molecule has 0 unspecified atom stereocenters. The Labute approximate surface area is 117 Å². The van der Waals surface area contributed by atoms with E-state index in [0.717, 1.165) is 11.8 Å². The SMILES string of the molecule is O=C(O)CSCC(=O)Nc1ccc([N+](=O)[O-])c(Cl)c1. The highest BCUT2D eigenvalue weighted by atomic mass is 35.5. The molecular weight excluding hydrogens is 296 g/mol. The van der Waals surface area contributed by atoms with Gasteiger partial charge >= 0.3 is 5.97 Å².